The largest absolute Gasteiger partial charge is 0.331 e. The van der Waals surface area contributed by atoms with E-state index in [9.17, 15) is 13.2 Å². The molecule has 0 aliphatic rings. The number of hydrogen-bond acceptors (Lipinski definition) is 6. The molecule has 0 spiro atoms. The summed E-state index contributed by atoms with van der Waals surface area (Å²) in [6, 6.07) is 10.6. The highest BCUT2D eigenvalue weighted by Gasteiger charge is 2.19. The molecule has 10 heteroatoms. The highest BCUT2D eigenvalue weighted by atomic mass is 32.2. The number of imidazole rings is 1. The van der Waals surface area contributed by atoms with Gasteiger partial charge in [0.25, 0.3) is 0 Å². The van der Waals surface area contributed by atoms with Gasteiger partial charge in [-0.3, -0.25) is 4.79 Å². The molecule has 2 heterocycles. The van der Waals surface area contributed by atoms with E-state index in [0.717, 1.165) is 32.3 Å². The summed E-state index contributed by atoms with van der Waals surface area (Å²) < 4.78 is 28.8. The van der Waals surface area contributed by atoms with E-state index < -0.39 is 10.0 Å². The van der Waals surface area contributed by atoms with Crippen LogP contribution < -0.4 is 5.32 Å². The Morgan fingerprint density at radius 2 is 1.90 bits per heavy atom. The van der Waals surface area contributed by atoms with Crippen LogP contribution in [0, 0.1) is 6.92 Å². The number of fused-ring (bicyclic) bond motifs is 2. The van der Waals surface area contributed by atoms with Gasteiger partial charge in [0, 0.05) is 39.7 Å². The fraction of sp³-hybridized carbons (Fsp3) is 0.286. The molecule has 0 aliphatic heterocycles. The predicted molar refractivity (Wildman–Crippen MR) is 123 cm³/mol. The van der Waals surface area contributed by atoms with Crippen LogP contribution in [-0.4, -0.2) is 47.3 Å². The molecule has 0 bridgehead atoms. The van der Waals surface area contributed by atoms with Gasteiger partial charge in [-0.2, -0.15) is 0 Å². The predicted octanol–water partition coefficient (Wildman–Crippen LogP) is 3.31. The number of aromatic nitrogens is 3. The molecule has 4 aromatic rings. The summed E-state index contributed by atoms with van der Waals surface area (Å²) >= 11 is 1.59. The quantitative estimate of drug-likeness (QED) is 0.479. The van der Waals surface area contributed by atoms with Gasteiger partial charge in [0.05, 0.1) is 31.2 Å². The van der Waals surface area contributed by atoms with Crippen molar-refractivity contribution in [3.05, 3.63) is 47.2 Å². The second kappa shape index (κ2) is 8.03. The Morgan fingerprint density at radius 3 is 2.65 bits per heavy atom. The molecule has 1 amide bonds. The molecular weight excluding hydrogens is 434 g/mol. The molecule has 0 aliphatic carbocycles. The second-order valence-corrected chi connectivity index (χ2v) is 10.9. The number of aryl methyl sites for hydroxylation is 3. The van der Waals surface area contributed by atoms with E-state index in [4.69, 9.17) is 0 Å². The zero-order chi connectivity index (χ0) is 22.3. The highest BCUT2D eigenvalue weighted by Crippen LogP contribution is 2.25. The van der Waals surface area contributed by atoms with Crippen LogP contribution in [0.25, 0.3) is 21.3 Å². The van der Waals surface area contributed by atoms with Gasteiger partial charge < -0.3 is 9.88 Å². The molecule has 1 N–H and O–H groups in total. The van der Waals surface area contributed by atoms with Crippen molar-refractivity contribution in [2.24, 2.45) is 7.05 Å². The van der Waals surface area contributed by atoms with Gasteiger partial charge in [-0.1, -0.05) is 0 Å². The Balaban J connectivity index is 1.48. The molecule has 2 aromatic carbocycles. The first kappa shape index (κ1) is 21.4. The number of nitrogens with zero attached hydrogens (tertiary/aromatic N) is 4. The lowest BCUT2D eigenvalue weighted by Crippen LogP contribution is -2.22. The number of nitrogens with one attached hydrogen (secondary N) is 1. The molecule has 2 aromatic heterocycles. The summed E-state index contributed by atoms with van der Waals surface area (Å²) in [6.07, 6.45) is 0.703. The van der Waals surface area contributed by atoms with Crippen molar-refractivity contribution in [3.8, 4) is 0 Å². The monoisotopic (exact) mass is 457 g/mol. The highest BCUT2D eigenvalue weighted by molar-refractivity contribution is 7.89. The summed E-state index contributed by atoms with van der Waals surface area (Å²) in [5, 5.41) is 3.91. The van der Waals surface area contributed by atoms with Crippen molar-refractivity contribution < 1.29 is 13.2 Å². The van der Waals surface area contributed by atoms with E-state index in [1.165, 1.54) is 18.4 Å². The normalized spacial score (nSPS) is 12.2. The van der Waals surface area contributed by atoms with Gasteiger partial charge in [0.1, 0.15) is 5.82 Å². The van der Waals surface area contributed by atoms with Crippen LogP contribution in [-0.2, 0) is 28.3 Å². The second-order valence-electron chi connectivity index (χ2n) is 7.49. The van der Waals surface area contributed by atoms with Crippen molar-refractivity contribution in [3.63, 3.8) is 0 Å². The number of carbonyl (C=O) groups excluding carboxylic acids is 1. The van der Waals surface area contributed by atoms with E-state index in [1.807, 2.05) is 36.7 Å². The molecule has 0 fully saturated rings. The Labute approximate surface area is 184 Å². The molecule has 162 valence electrons. The molecule has 0 unspecified atom stereocenters. The molecule has 0 saturated carbocycles. The summed E-state index contributed by atoms with van der Waals surface area (Å²) in [5.41, 5.74) is 3.08. The average Bonchev–Trinajstić information content (AvgIpc) is 3.24. The smallest absolute Gasteiger partial charge is 0.242 e. The van der Waals surface area contributed by atoms with Gasteiger partial charge in [0.15, 0.2) is 0 Å². The third kappa shape index (κ3) is 4.18. The minimum atomic E-state index is -3.53. The first-order chi connectivity index (χ1) is 14.6. The molecule has 0 atom stereocenters. The molecular formula is C21H23N5O3S2. The summed E-state index contributed by atoms with van der Waals surface area (Å²) in [4.78, 5) is 21.7. The minimum Gasteiger partial charge on any atom is -0.331 e. The van der Waals surface area contributed by atoms with Crippen LogP contribution in [0.15, 0.2) is 41.3 Å². The van der Waals surface area contributed by atoms with E-state index in [2.05, 4.69) is 15.3 Å². The molecule has 0 saturated heterocycles. The van der Waals surface area contributed by atoms with Crippen molar-refractivity contribution in [1.82, 2.24) is 18.8 Å². The maximum absolute atomic E-state index is 12.5. The third-order valence-corrected chi connectivity index (χ3v) is 7.82. The van der Waals surface area contributed by atoms with Crippen LogP contribution in [0.4, 0.5) is 5.69 Å². The fourth-order valence-electron chi connectivity index (χ4n) is 3.39. The maximum Gasteiger partial charge on any atom is 0.242 e. The lowest BCUT2D eigenvalue weighted by molar-refractivity contribution is -0.116. The number of hydrogen-bond donors (Lipinski definition) is 1. The van der Waals surface area contributed by atoms with Gasteiger partial charge in [-0.15, -0.1) is 11.3 Å². The third-order valence-electron chi connectivity index (χ3n) is 5.08. The van der Waals surface area contributed by atoms with E-state index in [0.29, 0.717) is 11.9 Å². The van der Waals surface area contributed by atoms with Crippen molar-refractivity contribution in [2.75, 3.05) is 19.4 Å². The topological polar surface area (TPSA) is 97.2 Å². The van der Waals surface area contributed by atoms with Crippen molar-refractivity contribution >= 4 is 54.2 Å². The number of amides is 1. The Morgan fingerprint density at radius 1 is 1.13 bits per heavy atom. The van der Waals surface area contributed by atoms with E-state index in [1.54, 1.807) is 29.5 Å². The molecule has 8 nitrogen and oxygen atoms in total. The maximum atomic E-state index is 12.5. The summed E-state index contributed by atoms with van der Waals surface area (Å²) in [7, 11) is 1.33. The number of benzene rings is 2. The molecule has 4 rings (SSSR count). The van der Waals surface area contributed by atoms with Gasteiger partial charge >= 0.3 is 0 Å². The standard InChI is InChI=1S/C21H23N5O3S2/c1-13-22-16-7-5-14(11-19(16)30-13)23-21(27)10-9-20-24-17-12-15(31(28,29)25(2)3)6-8-18(17)26(20)4/h5-8,11-12H,9-10H2,1-4H3,(H,23,27). The summed E-state index contributed by atoms with van der Waals surface area (Å²) in [6.45, 7) is 1.96. The zero-order valence-electron chi connectivity index (χ0n) is 17.7. The van der Waals surface area contributed by atoms with E-state index >= 15 is 0 Å². The average molecular weight is 458 g/mol. The summed E-state index contributed by atoms with van der Waals surface area (Å²) in [5.74, 6) is 0.613. The van der Waals surface area contributed by atoms with Crippen LogP contribution in [0.2, 0.25) is 0 Å². The molecule has 0 radical (unpaired) electrons. The van der Waals surface area contributed by atoms with Crippen LogP contribution in [0.1, 0.15) is 17.3 Å². The van der Waals surface area contributed by atoms with E-state index in [-0.39, 0.29) is 17.2 Å². The fourth-order valence-corrected chi connectivity index (χ4v) is 5.18. The minimum absolute atomic E-state index is 0.108. The van der Waals surface area contributed by atoms with Crippen LogP contribution in [0.5, 0.6) is 0 Å². The van der Waals surface area contributed by atoms with Gasteiger partial charge in [-0.05, 0) is 43.3 Å². The van der Waals surface area contributed by atoms with Crippen LogP contribution >= 0.6 is 11.3 Å². The number of sulfonamides is 1. The number of anilines is 1. The Hall–Kier alpha value is -2.82. The lowest BCUT2D eigenvalue weighted by Gasteiger charge is -2.10. The number of rotatable bonds is 6. The van der Waals surface area contributed by atoms with Gasteiger partial charge in [0.2, 0.25) is 15.9 Å². The number of thiazole rings is 1. The van der Waals surface area contributed by atoms with Crippen molar-refractivity contribution in [1.29, 1.82) is 0 Å². The lowest BCUT2D eigenvalue weighted by atomic mass is 10.2. The first-order valence-corrected chi connectivity index (χ1v) is 12.0. The first-order valence-electron chi connectivity index (χ1n) is 9.70. The number of carbonyl (C=O) groups is 1. The Bertz CT molecular complexity index is 1400. The molecule has 31 heavy (non-hydrogen) atoms. The van der Waals surface area contributed by atoms with Crippen LogP contribution in [0.3, 0.4) is 0 Å². The Kier molecular flexibility index (Phi) is 5.54. The zero-order valence-corrected chi connectivity index (χ0v) is 19.3. The van der Waals surface area contributed by atoms with Crippen molar-refractivity contribution in [2.45, 2.75) is 24.7 Å². The SMILES string of the molecule is Cc1nc2ccc(NC(=O)CCc3nc4cc(S(=O)(=O)N(C)C)ccc4n3C)cc2s1. The van der Waals surface area contributed by atoms with Gasteiger partial charge in [-0.25, -0.2) is 22.7 Å².